The molecule has 102 valence electrons. The number of esters is 1. The lowest BCUT2D eigenvalue weighted by Crippen LogP contribution is -2.03. The minimum atomic E-state index is -0.340. The fourth-order valence-electron chi connectivity index (χ4n) is 1.53. The number of thiophene rings is 1. The summed E-state index contributed by atoms with van der Waals surface area (Å²) in [6, 6.07) is 3.91. The predicted molar refractivity (Wildman–Crippen MR) is 79.7 cm³/mol. The van der Waals surface area contributed by atoms with Gasteiger partial charge in [0.05, 0.1) is 17.1 Å². The quantitative estimate of drug-likeness (QED) is 0.856. The van der Waals surface area contributed by atoms with Crippen molar-refractivity contribution in [2.45, 2.75) is 13.3 Å². The first-order valence-corrected chi connectivity index (χ1v) is 7.65. The molecule has 7 heteroatoms. The first-order chi connectivity index (χ1) is 9.10. The minimum absolute atomic E-state index is 0.340. The Morgan fingerprint density at radius 1 is 1.47 bits per heavy atom. The number of carbonyl (C=O) groups excluding carboxylic acids is 1. The second-order valence-corrected chi connectivity index (χ2v) is 6.61. The summed E-state index contributed by atoms with van der Waals surface area (Å²) in [5.41, 5.74) is 0.693. The second-order valence-electron chi connectivity index (χ2n) is 3.81. The molecule has 0 radical (unpaired) electrons. The van der Waals surface area contributed by atoms with Crippen LogP contribution in [0.25, 0.3) is 0 Å². The number of hydrogen-bond donors (Lipinski definition) is 1. The van der Waals surface area contributed by atoms with Gasteiger partial charge in [-0.25, -0.2) is 9.78 Å². The number of halogens is 1. The van der Waals surface area contributed by atoms with Crippen LogP contribution in [-0.4, -0.2) is 24.6 Å². The van der Waals surface area contributed by atoms with Crippen LogP contribution in [0.3, 0.4) is 0 Å². The van der Waals surface area contributed by atoms with E-state index in [0.717, 1.165) is 22.4 Å². The number of rotatable bonds is 5. The number of anilines is 1. The molecule has 0 unspecified atom stereocenters. The Morgan fingerprint density at radius 3 is 2.89 bits per heavy atom. The third-order valence-electron chi connectivity index (χ3n) is 2.44. The lowest BCUT2D eigenvalue weighted by Gasteiger charge is -1.99. The molecule has 0 aromatic carbocycles. The molecular formula is C12H13ClN2O2S2. The summed E-state index contributed by atoms with van der Waals surface area (Å²) in [6.07, 6.45) is 0.879. The molecule has 0 aliphatic rings. The van der Waals surface area contributed by atoms with E-state index < -0.39 is 0 Å². The normalized spacial score (nSPS) is 10.5. The van der Waals surface area contributed by atoms with Crippen LogP contribution >= 0.6 is 34.3 Å². The second kappa shape index (κ2) is 6.36. The van der Waals surface area contributed by atoms with E-state index in [0.29, 0.717) is 10.6 Å². The number of methoxy groups -OCH3 is 1. The molecule has 4 nitrogen and oxygen atoms in total. The maximum absolute atomic E-state index is 11.5. The van der Waals surface area contributed by atoms with Crippen LogP contribution in [0.5, 0.6) is 0 Å². The van der Waals surface area contributed by atoms with E-state index in [1.165, 1.54) is 23.3 Å². The van der Waals surface area contributed by atoms with Crippen LogP contribution < -0.4 is 5.32 Å². The van der Waals surface area contributed by atoms with Crippen molar-refractivity contribution in [3.05, 3.63) is 31.9 Å². The molecule has 1 N–H and O–H groups in total. The van der Waals surface area contributed by atoms with Crippen molar-refractivity contribution >= 4 is 45.4 Å². The maximum atomic E-state index is 11.5. The van der Waals surface area contributed by atoms with Gasteiger partial charge in [-0.1, -0.05) is 22.9 Å². The highest BCUT2D eigenvalue weighted by molar-refractivity contribution is 7.17. The zero-order valence-electron chi connectivity index (χ0n) is 10.5. The fraction of sp³-hybridized carbons (Fsp3) is 0.333. The average Bonchev–Trinajstić information content (AvgIpc) is 2.95. The Bertz CT molecular complexity index is 580. The van der Waals surface area contributed by atoms with E-state index in [1.807, 2.05) is 12.1 Å². The summed E-state index contributed by atoms with van der Waals surface area (Å²) in [5.74, 6) is -0.340. The molecular weight excluding hydrogens is 304 g/mol. The first-order valence-electron chi connectivity index (χ1n) is 5.64. The average molecular weight is 317 g/mol. The molecule has 0 bridgehead atoms. The molecule has 0 saturated carbocycles. The number of hydrogen-bond acceptors (Lipinski definition) is 6. The predicted octanol–water partition coefficient (Wildman–Crippen LogP) is 3.61. The number of carbonyl (C=O) groups is 1. The highest BCUT2D eigenvalue weighted by Crippen LogP contribution is 2.24. The SMILES string of the molecule is COC(=O)c1sc(NCCc2ccc(Cl)s2)nc1C. The van der Waals surface area contributed by atoms with Gasteiger partial charge < -0.3 is 10.1 Å². The van der Waals surface area contributed by atoms with E-state index in [4.69, 9.17) is 16.3 Å². The van der Waals surface area contributed by atoms with E-state index in [2.05, 4.69) is 10.3 Å². The van der Waals surface area contributed by atoms with Gasteiger partial charge in [0.1, 0.15) is 4.88 Å². The number of nitrogens with one attached hydrogen (secondary N) is 1. The molecule has 2 heterocycles. The fourth-order valence-corrected chi connectivity index (χ4v) is 3.53. The molecule has 0 atom stereocenters. The number of aryl methyl sites for hydroxylation is 1. The molecule has 0 amide bonds. The third-order valence-corrected chi connectivity index (χ3v) is 4.83. The Hall–Kier alpha value is -1.11. The molecule has 0 fully saturated rings. The molecule has 19 heavy (non-hydrogen) atoms. The first kappa shape index (κ1) is 14.3. The number of thiazole rings is 1. The van der Waals surface area contributed by atoms with Gasteiger partial charge >= 0.3 is 5.97 Å². The number of ether oxygens (including phenoxy) is 1. The standard InChI is InChI=1S/C12H13ClN2O2S2/c1-7-10(11(16)17-2)19-12(15-7)14-6-5-8-3-4-9(13)18-8/h3-4H,5-6H2,1-2H3,(H,14,15). The van der Waals surface area contributed by atoms with Crippen LogP contribution in [0.2, 0.25) is 4.34 Å². The molecule has 0 spiro atoms. The van der Waals surface area contributed by atoms with Gasteiger partial charge in [-0.3, -0.25) is 0 Å². The topological polar surface area (TPSA) is 51.2 Å². The third kappa shape index (κ3) is 3.68. The molecule has 0 saturated heterocycles. The lowest BCUT2D eigenvalue weighted by molar-refractivity contribution is 0.0605. The Balaban J connectivity index is 1.91. The summed E-state index contributed by atoms with van der Waals surface area (Å²) in [4.78, 5) is 17.5. The number of aromatic nitrogens is 1. The zero-order chi connectivity index (χ0) is 13.8. The van der Waals surface area contributed by atoms with Crippen molar-refractivity contribution < 1.29 is 9.53 Å². The van der Waals surface area contributed by atoms with Gasteiger partial charge in [0, 0.05) is 11.4 Å². The summed E-state index contributed by atoms with van der Waals surface area (Å²) < 4.78 is 5.50. The highest BCUT2D eigenvalue weighted by Gasteiger charge is 2.15. The van der Waals surface area contributed by atoms with Gasteiger partial charge in [-0.2, -0.15) is 0 Å². The van der Waals surface area contributed by atoms with Crippen molar-refractivity contribution in [3.63, 3.8) is 0 Å². The summed E-state index contributed by atoms with van der Waals surface area (Å²) in [7, 11) is 1.37. The van der Waals surface area contributed by atoms with Crippen molar-refractivity contribution in [1.82, 2.24) is 4.98 Å². The van der Waals surface area contributed by atoms with Gasteiger partial charge in [0.25, 0.3) is 0 Å². The van der Waals surface area contributed by atoms with E-state index in [1.54, 1.807) is 18.3 Å². The van der Waals surface area contributed by atoms with Crippen LogP contribution in [0.1, 0.15) is 20.2 Å². The van der Waals surface area contributed by atoms with Crippen molar-refractivity contribution in [3.8, 4) is 0 Å². The van der Waals surface area contributed by atoms with Gasteiger partial charge in [0.15, 0.2) is 5.13 Å². The summed E-state index contributed by atoms with van der Waals surface area (Å²) in [5, 5.41) is 3.94. The van der Waals surface area contributed by atoms with Crippen LogP contribution in [-0.2, 0) is 11.2 Å². The summed E-state index contributed by atoms with van der Waals surface area (Å²) >= 11 is 8.75. The molecule has 2 aromatic heterocycles. The monoisotopic (exact) mass is 316 g/mol. The maximum Gasteiger partial charge on any atom is 0.350 e. The lowest BCUT2D eigenvalue weighted by atomic mass is 10.3. The Morgan fingerprint density at radius 2 is 2.26 bits per heavy atom. The largest absolute Gasteiger partial charge is 0.465 e. The van der Waals surface area contributed by atoms with Crippen LogP contribution in [0, 0.1) is 6.92 Å². The van der Waals surface area contributed by atoms with Crippen molar-refractivity contribution in [2.75, 3.05) is 19.0 Å². The number of nitrogens with zero attached hydrogens (tertiary/aromatic N) is 1. The highest BCUT2D eigenvalue weighted by atomic mass is 35.5. The van der Waals surface area contributed by atoms with E-state index in [9.17, 15) is 4.79 Å². The van der Waals surface area contributed by atoms with Crippen LogP contribution in [0.4, 0.5) is 5.13 Å². The zero-order valence-corrected chi connectivity index (χ0v) is 12.9. The Labute approximate surface area is 124 Å². The molecule has 0 aliphatic heterocycles. The van der Waals surface area contributed by atoms with Crippen molar-refractivity contribution in [2.24, 2.45) is 0 Å². The molecule has 2 aromatic rings. The van der Waals surface area contributed by atoms with Gasteiger partial charge in [-0.05, 0) is 25.5 Å². The van der Waals surface area contributed by atoms with E-state index in [-0.39, 0.29) is 5.97 Å². The smallest absolute Gasteiger partial charge is 0.350 e. The van der Waals surface area contributed by atoms with E-state index >= 15 is 0 Å². The minimum Gasteiger partial charge on any atom is -0.465 e. The van der Waals surface area contributed by atoms with Crippen molar-refractivity contribution in [1.29, 1.82) is 0 Å². The Kier molecular flexibility index (Phi) is 4.79. The van der Waals surface area contributed by atoms with Gasteiger partial charge in [0.2, 0.25) is 0 Å². The van der Waals surface area contributed by atoms with Crippen LogP contribution in [0.15, 0.2) is 12.1 Å². The van der Waals surface area contributed by atoms with Gasteiger partial charge in [-0.15, -0.1) is 11.3 Å². The summed E-state index contributed by atoms with van der Waals surface area (Å²) in [6.45, 7) is 2.55. The molecule has 2 rings (SSSR count). The molecule has 0 aliphatic carbocycles.